The fourth-order valence-corrected chi connectivity index (χ4v) is 4.37. The van der Waals surface area contributed by atoms with Crippen LogP contribution in [0.5, 0.6) is 0 Å². The number of anilines is 2. The fraction of sp³-hybridized carbons (Fsp3) is 0.476. The van der Waals surface area contributed by atoms with Crippen LogP contribution in [0.15, 0.2) is 41.7 Å². The SMILES string of the molecule is CCc1ccccc1NC(=O)CSc1cc(N2C[C@H](C)C[C@H](C)C2)ncn1. The molecule has 5 nitrogen and oxygen atoms in total. The Morgan fingerprint density at radius 2 is 1.96 bits per heavy atom. The first-order valence-electron chi connectivity index (χ1n) is 9.62. The van der Waals surface area contributed by atoms with Crippen molar-refractivity contribution in [2.24, 2.45) is 11.8 Å². The van der Waals surface area contributed by atoms with Crippen molar-refractivity contribution < 1.29 is 4.79 Å². The number of nitrogens with one attached hydrogen (secondary N) is 1. The minimum absolute atomic E-state index is 0.0127. The van der Waals surface area contributed by atoms with Crippen LogP contribution in [0.3, 0.4) is 0 Å². The molecule has 2 aromatic rings. The lowest BCUT2D eigenvalue weighted by Gasteiger charge is -2.35. The highest BCUT2D eigenvalue weighted by molar-refractivity contribution is 7.99. The van der Waals surface area contributed by atoms with Crippen molar-refractivity contribution >= 4 is 29.2 Å². The van der Waals surface area contributed by atoms with Crippen LogP contribution in [0.25, 0.3) is 0 Å². The Hall–Kier alpha value is -2.08. The van der Waals surface area contributed by atoms with Crippen LogP contribution in [0.2, 0.25) is 0 Å². The summed E-state index contributed by atoms with van der Waals surface area (Å²) in [4.78, 5) is 23.5. The Balaban J connectivity index is 1.59. The van der Waals surface area contributed by atoms with E-state index in [0.717, 1.165) is 41.6 Å². The number of carbonyl (C=O) groups is 1. The molecule has 27 heavy (non-hydrogen) atoms. The van der Waals surface area contributed by atoms with E-state index in [1.165, 1.54) is 18.2 Å². The van der Waals surface area contributed by atoms with E-state index in [-0.39, 0.29) is 5.91 Å². The van der Waals surface area contributed by atoms with E-state index < -0.39 is 0 Å². The largest absolute Gasteiger partial charge is 0.356 e. The van der Waals surface area contributed by atoms with Gasteiger partial charge in [-0.2, -0.15) is 0 Å². The molecule has 1 saturated heterocycles. The van der Waals surface area contributed by atoms with Gasteiger partial charge in [0.1, 0.15) is 17.2 Å². The molecule has 0 radical (unpaired) electrons. The van der Waals surface area contributed by atoms with Gasteiger partial charge in [0.25, 0.3) is 0 Å². The minimum atomic E-state index is -0.0127. The number of aromatic nitrogens is 2. The molecule has 0 saturated carbocycles. The fourth-order valence-electron chi connectivity index (χ4n) is 3.71. The first-order chi connectivity index (χ1) is 13.0. The maximum Gasteiger partial charge on any atom is 0.234 e. The zero-order valence-corrected chi connectivity index (χ0v) is 17.1. The lowest BCUT2D eigenvalue weighted by molar-refractivity contribution is -0.113. The molecule has 2 heterocycles. The van der Waals surface area contributed by atoms with Crippen LogP contribution in [0.4, 0.5) is 11.5 Å². The van der Waals surface area contributed by atoms with Crippen molar-refractivity contribution in [3.05, 3.63) is 42.2 Å². The number of amides is 1. The van der Waals surface area contributed by atoms with Gasteiger partial charge in [-0.15, -0.1) is 0 Å². The van der Waals surface area contributed by atoms with Crippen LogP contribution in [0, 0.1) is 11.8 Å². The zero-order chi connectivity index (χ0) is 19.2. The van der Waals surface area contributed by atoms with Crippen molar-refractivity contribution in [1.82, 2.24) is 9.97 Å². The van der Waals surface area contributed by atoms with Gasteiger partial charge in [0.2, 0.25) is 5.91 Å². The summed E-state index contributed by atoms with van der Waals surface area (Å²) in [6, 6.07) is 9.93. The number of hydrogen-bond donors (Lipinski definition) is 1. The molecule has 0 unspecified atom stereocenters. The molecule has 0 aliphatic carbocycles. The summed E-state index contributed by atoms with van der Waals surface area (Å²) in [7, 11) is 0. The molecule has 1 amide bonds. The van der Waals surface area contributed by atoms with Gasteiger partial charge in [-0.25, -0.2) is 9.97 Å². The molecule has 144 valence electrons. The molecule has 2 atom stereocenters. The highest BCUT2D eigenvalue weighted by atomic mass is 32.2. The summed E-state index contributed by atoms with van der Waals surface area (Å²) in [5.41, 5.74) is 2.04. The van der Waals surface area contributed by atoms with Crippen LogP contribution in [-0.4, -0.2) is 34.7 Å². The molecule has 1 fully saturated rings. The molecular weight excluding hydrogens is 356 g/mol. The van der Waals surface area contributed by atoms with Crippen LogP contribution in [0.1, 0.15) is 32.8 Å². The lowest BCUT2D eigenvalue weighted by Crippen LogP contribution is -2.39. The second kappa shape index (κ2) is 9.22. The number of nitrogens with zero attached hydrogens (tertiary/aromatic N) is 3. The van der Waals surface area contributed by atoms with E-state index >= 15 is 0 Å². The number of thioether (sulfide) groups is 1. The maximum absolute atomic E-state index is 12.3. The van der Waals surface area contributed by atoms with Crippen molar-refractivity contribution in [3.63, 3.8) is 0 Å². The van der Waals surface area contributed by atoms with Gasteiger partial charge in [0.15, 0.2) is 0 Å². The molecule has 1 N–H and O–H groups in total. The van der Waals surface area contributed by atoms with Crippen molar-refractivity contribution in [1.29, 1.82) is 0 Å². The van der Waals surface area contributed by atoms with Crippen LogP contribution >= 0.6 is 11.8 Å². The van der Waals surface area contributed by atoms with E-state index in [0.29, 0.717) is 17.6 Å². The molecule has 1 aromatic heterocycles. The summed E-state index contributed by atoms with van der Waals surface area (Å²) < 4.78 is 0. The smallest absolute Gasteiger partial charge is 0.234 e. The minimum Gasteiger partial charge on any atom is -0.356 e. The highest BCUT2D eigenvalue weighted by Gasteiger charge is 2.23. The second-order valence-electron chi connectivity index (χ2n) is 7.41. The van der Waals surface area contributed by atoms with Crippen molar-refractivity contribution in [2.45, 2.75) is 38.6 Å². The van der Waals surface area contributed by atoms with Crippen molar-refractivity contribution in [3.8, 4) is 0 Å². The third-order valence-electron chi connectivity index (χ3n) is 4.84. The highest BCUT2D eigenvalue weighted by Crippen LogP contribution is 2.27. The second-order valence-corrected chi connectivity index (χ2v) is 8.41. The van der Waals surface area contributed by atoms with Gasteiger partial charge >= 0.3 is 0 Å². The predicted molar refractivity (Wildman–Crippen MR) is 112 cm³/mol. The molecule has 1 aromatic carbocycles. The van der Waals surface area contributed by atoms with Gasteiger partial charge < -0.3 is 10.2 Å². The van der Waals surface area contributed by atoms with Gasteiger partial charge in [-0.1, -0.05) is 50.7 Å². The number of piperidine rings is 1. The first-order valence-corrected chi connectivity index (χ1v) is 10.6. The average molecular weight is 385 g/mol. The quantitative estimate of drug-likeness (QED) is 0.596. The molecule has 3 rings (SSSR count). The Bertz CT molecular complexity index is 772. The van der Waals surface area contributed by atoms with E-state index in [1.54, 1.807) is 6.33 Å². The molecule has 6 heteroatoms. The van der Waals surface area contributed by atoms with E-state index in [1.807, 2.05) is 30.3 Å². The standard InChI is InChI=1S/C21H28N4OS/c1-4-17-7-5-6-8-18(17)24-20(26)13-27-21-10-19(22-14-23-21)25-11-15(2)9-16(3)12-25/h5-8,10,14-16H,4,9,11-13H2,1-3H3,(H,24,26)/t15-,16+. The summed E-state index contributed by atoms with van der Waals surface area (Å²) in [6.45, 7) is 8.72. The summed E-state index contributed by atoms with van der Waals surface area (Å²) in [5, 5.41) is 3.85. The molecule has 0 spiro atoms. The molecule has 1 aliphatic heterocycles. The number of carbonyl (C=O) groups excluding carboxylic acids is 1. The Kier molecular flexibility index (Phi) is 6.72. The Morgan fingerprint density at radius 3 is 2.70 bits per heavy atom. The molecule has 0 bridgehead atoms. The van der Waals surface area contributed by atoms with Crippen LogP contribution < -0.4 is 10.2 Å². The Morgan fingerprint density at radius 1 is 1.22 bits per heavy atom. The number of benzene rings is 1. The topological polar surface area (TPSA) is 58.1 Å². The van der Waals surface area contributed by atoms with Crippen molar-refractivity contribution in [2.75, 3.05) is 29.1 Å². The van der Waals surface area contributed by atoms with Gasteiger partial charge in [0, 0.05) is 24.8 Å². The average Bonchev–Trinajstić information content (AvgIpc) is 2.66. The summed E-state index contributed by atoms with van der Waals surface area (Å²) in [5.74, 6) is 2.62. The molecule has 1 aliphatic rings. The monoisotopic (exact) mass is 384 g/mol. The Labute approximate surface area is 166 Å². The lowest BCUT2D eigenvalue weighted by atomic mass is 9.92. The number of rotatable bonds is 6. The van der Waals surface area contributed by atoms with E-state index in [2.05, 4.69) is 41.0 Å². The third kappa shape index (κ3) is 5.45. The summed E-state index contributed by atoms with van der Waals surface area (Å²) >= 11 is 1.45. The van der Waals surface area contributed by atoms with Gasteiger partial charge in [-0.3, -0.25) is 4.79 Å². The normalized spacial score (nSPS) is 19.7. The predicted octanol–water partition coefficient (Wildman–Crippen LogP) is 4.25. The van der Waals surface area contributed by atoms with E-state index in [9.17, 15) is 4.79 Å². The zero-order valence-electron chi connectivity index (χ0n) is 16.3. The number of para-hydroxylation sites is 1. The van der Waals surface area contributed by atoms with Gasteiger partial charge in [-0.05, 0) is 36.3 Å². The first kappa shape index (κ1) is 19.7. The van der Waals surface area contributed by atoms with E-state index in [4.69, 9.17) is 0 Å². The molecular formula is C21H28N4OS. The summed E-state index contributed by atoms with van der Waals surface area (Å²) in [6.07, 6.45) is 3.76. The third-order valence-corrected chi connectivity index (χ3v) is 5.77. The van der Waals surface area contributed by atoms with Crippen LogP contribution in [-0.2, 0) is 11.2 Å². The number of aryl methyl sites for hydroxylation is 1. The maximum atomic E-state index is 12.3. The number of hydrogen-bond acceptors (Lipinski definition) is 5. The van der Waals surface area contributed by atoms with Gasteiger partial charge in [0.05, 0.1) is 5.75 Å².